The number of fused-ring (bicyclic) bond motifs is 5. The highest BCUT2D eigenvalue weighted by Crippen LogP contribution is 2.44. The Balaban J connectivity index is 1.18. The molecule has 7 aromatic rings. The first-order valence-corrected chi connectivity index (χ1v) is 16.9. The Kier molecular flexibility index (Phi) is 7.13. The summed E-state index contributed by atoms with van der Waals surface area (Å²) in [5.74, 6) is 0.999. The first kappa shape index (κ1) is 28.4. The molecule has 0 radical (unpaired) electrons. The number of anilines is 3. The van der Waals surface area contributed by atoms with Crippen molar-refractivity contribution in [2.75, 3.05) is 4.90 Å². The van der Waals surface area contributed by atoms with Crippen LogP contribution < -0.4 is 4.90 Å². The van der Waals surface area contributed by atoms with Gasteiger partial charge in [-0.05, 0) is 107 Å². The van der Waals surface area contributed by atoms with Crippen molar-refractivity contribution in [2.24, 2.45) is 0 Å². The maximum Gasteiger partial charge on any atom is 0.135 e. The minimum atomic E-state index is 0.960. The molecule has 0 unspecified atom stereocenters. The summed E-state index contributed by atoms with van der Waals surface area (Å²) in [6.07, 6.45) is 13.1. The summed E-state index contributed by atoms with van der Waals surface area (Å²) in [6.45, 7) is 0. The molecule has 2 heteroatoms. The number of hydrogen-bond acceptors (Lipinski definition) is 2. The van der Waals surface area contributed by atoms with Gasteiger partial charge in [-0.15, -0.1) is 0 Å². The number of nitrogens with zero attached hydrogens (tertiary/aromatic N) is 1. The van der Waals surface area contributed by atoms with Gasteiger partial charge in [0.25, 0.3) is 0 Å². The smallest absolute Gasteiger partial charge is 0.135 e. The maximum atomic E-state index is 6.34. The number of aryl methyl sites for hydroxylation is 1. The van der Waals surface area contributed by atoms with Crippen molar-refractivity contribution in [1.29, 1.82) is 0 Å². The Hall–Kier alpha value is -5.86. The summed E-state index contributed by atoms with van der Waals surface area (Å²) in [4.78, 5) is 2.42. The summed E-state index contributed by atoms with van der Waals surface area (Å²) in [6, 6.07) is 50.5. The molecule has 0 amide bonds. The third-order valence-electron chi connectivity index (χ3n) is 9.89. The molecule has 2 nitrogen and oxygen atoms in total. The maximum absolute atomic E-state index is 6.34. The van der Waals surface area contributed by atoms with Crippen LogP contribution in [-0.4, -0.2) is 0 Å². The van der Waals surface area contributed by atoms with Crippen LogP contribution in [0, 0.1) is 0 Å². The topological polar surface area (TPSA) is 16.4 Å². The zero-order chi connectivity index (χ0) is 31.9. The molecule has 0 atom stereocenters. The van der Waals surface area contributed by atoms with Crippen molar-refractivity contribution in [2.45, 2.75) is 25.7 Å². The lowest BCUT2D eigenvalue weighted by Gasteiger charge is -2.28. The van der Waals surface area contributed by atoms with Crippen molar-refractivity contribution >= 4 is 56.0 Å². The second kappa shape index (κ2) is 12.1. The van der Waals surface area contributed by atoms with E-state index >= 15 is 0 Å². The highest BCUT2D eigenvalue weighted by molar-refractivity contribution is 6.10. The Labute approximate surface area is 281 Å². The predicted octanol–water partition coefficient (Wildman–Crippen LogP) is 12.9. The zero-order valence-electron chi connectivity index (χ0n) is 26.8. The molecular formula is C46H35NO. The minimum Gasteiger partial charge on any atom is -0.456 e. The highest BCUT2D eigenvalue weighted by atomic mass is 16.3. The number of hydrogen-bond donors (Lipinski definition) is 0. The van der Waals surface area contributed by atoms with Crippen LogP contribution in [-0.2, 0) is 6.42 Å². The molecule has 0 saturated heterocycles. The minimum absolute atomic E-state index is 0.960. The van der Waals surface area contributed by atoms with Crippen molar-refractivity contribution in [1.82, 2.24) is 0 Å². The number of allylic oxidation sites excluding steroid dienone is 5. The molecule has 6 aromatic carbocycles. The number of rotatable bonds is 6. The Morgan fingerprint density at radius 3 is 1.94 bits per heavy atom. The lowest BCUT2D eigenvalue weighted by atomic mass is 9.90. The summed E-state index contributed by atoms with van der Waals surface area (Å²) in [5.41, 5.74) is 13.4. The monoisotopic (exact) mass is 617 g/mol. The molecule has 0 spiro atoms. The number of furan rings is 1. The molecule has 0 saturated carbocycles. The first-order valence-electron chi connectivity index (χ1n) is 16.9. The fourth-order valence-corrected chi connectivity index (χ4v) is 7.48. The summed E-state index contributed by atoms with van der Waals surface area (Å²) in [7, 11) is 0. The van der Waals surface area contributed by atoms with Gasteiger partial charge in [-0.1, -0.05) is 121 Å². The molecule has 0 bridgehead atoms. The standard InChI is InChI=1S/C46H35NO/c1-3-11-32(12-4-1)33-19-21-34(22-20-33)35-23-27-38(28-24-35)47(43-17-9-7-15-40(43)36-13-5-2-6-14-36)39-29-25-37-26-30-45-46(42(37)31-39)41-16-8-10-18-44(41)48-45/h1-7,9-15,17-19,21,23-31H,8,16,20,22H2. The van der Waals surface area contributed by atoms with E-state index in [-0.39, 0.29) is 0 Å². The third-order valence-corrected chi connectivity index (χ3v) is 9.89. The Morgan fingerprint density at radius 1 is 0.542 bits per heavy atom. The van der Waals surface area contributed by atoms with Gasteiger partial charge in [-0.3, -0.25) is 0 Å². The molecule has 1 heterocycles. The van der Waals surface area contributed by atoms with Gasteiger partial charge in [0.05, 0.1) is 5.69 Å². The Morgan fingerprint density at radius 2 is 1.19 bits per heavy atom. The third kappa shape index (κ3) is 5.07. The van der Waals surface area contributed by atoms with Gasteiger partial charge in [0, 0.05) is 27.9 Å². The van der Waals surface area contributed by atoms with Crippen LogP contribution in [0.15, 0.2) is 162 Å². The fraction of sp³-hybridized carbons (Fsp3) is 0.0870. The predicted molar refractivity (Wildman–Crippen MR) is 203 cm³/mol. The van der Waals surface area contributed by atoms with Crippen LogP contribution in [0.25, 0.3) is 50.1 Å². The number of benzene rings is 6. The van der Waals surface area contributed by atoms with E-state index in [0.29, 0.717) is 0 Å². The van der Waals surface area contributed by atoms with Gasteiger partial charge in [-0.2, -0.15) is 0 Å². The highest BCUT2D eigenvalue weighted by Gasteiger charge is 2.21. The van der Waals surface area contributed by atoms with Crippen LogP contribution >= 0.6 is 0 Å². The van der Waals surface area contributed by atoms with E-state index in [1.165, 1.54) is 55.1 Å². The van der Waals surface area contributed by atoms with E-state index in [1.54, 1.807) is 0 Å². The van der Waals surface area contributed by atoms with Crippen LogP contribution in [0.2, 0.25) is 0 Å². The van der Waals surface area contributed by atoms with E-state index in [0.717, 1.165) is 54.1 Å². The lowest BCUT2D eigenvalue weighted by Crippen LogP contribution is -2.11. The second-order valence-corrected chi connectivity index (χ2v) is 12.7. The molecule has 0 fully saturated rings. The zero-order valence-corrected chi connectivity index (χ0v) is 26.8. The van der Waals surface area contributed by atoms with Gasteiger partial charge in [0.2, 0.25) is 0 Å². The van der Waals surface area contributed by atoms with Gasteiger partial charge in [-0.25, -0.2) is 0 Å². The summed E-state index contributed by atoms with van der Waals surface area (Å²) < 4.78 is 6.34. The SMILES string of the molecule is C1=Cc2oc3ccc4ccc(N(c5ccc(C6=CC=C(c7ccccc7)CC6)cc5)c5ccccc5-c5ccccc5)cc4c3c2CC1. The molecule has 230 valence electrons. The van der Waals surface area contributed by atoms with Crippen molar-refractivity contribution < 1.29 is 4.42 Å². The van der Waals surface area contributed by atoms with E-state index in [2.05, 4.69) is 169 Å². The second-order valence-electron chi connectivity index (χ2n) is 12.7. The lowest BCUT2D eigenvalue weighted by molar-refractivity contribution is 0.595. The molecule has 0 aliphatic heterocycles. The van der Waals surface area contributed by atoms with Gasteiger partial charge >= 0.3 is 0 Å². The molecule has 0 N–H and O–H groups in total. The fourth-order valence-electron chi connectivity index (χ4n) is 7.48. The van der Waals surface area contributed by atoms with E-state index in [4.69, 9.17) is 4.42 Å². The van der Waals surface area contributed by atoms with Gasteiger partial charge in [0.15, 0.2) is 0 Å². The van der Waals surface area contributed by atoms with E-state index in [9.17, 15) is 0 Å². The number of para-hydroxylation sites is 1. The molecular weight excluding hydrogens is 583 g/mol. The van der Waals surface area contributed by atoms with E-state index in [1.807, 2.05) is 0 Å². The normalized spacial score (nSPS) is 14.1. The largest absolute Gasteiger partial charge is 0.456 e. The molecule has 48 heavy (non-hydrogen) atoms. The molecule has 2 aliphatic rings. The van der Waals surface area contributed by atoms with Crippen molar-refractivity contribution in [3.05, 3.63) is 180 Å². The van der Waals surface area contributed by atoms with Crippen LogP contribution in [0.5, 0.6) is 0 Å². The quantitative estimate of drug-likeness (QED) is 0.185. The van der Waals surface area contributed by atoms with Crippen LogP contribution in [0.4, 0.5) is 17.1 Å². The van der Waals surface area contributed by atoms with Crippen molar-refractivity contribution in [3.63, 3.8) is 0 Å². The summed E-state index contributed by atoms with van der Waals surface area (Å²) >= 11 is 0. The van der Waals surface area contributed by atoms with Gasteiger partial charge in [0.1, 0.15) is 11.3 Å². The van der Waals surface area contributed by atoms with E-state index < -0.39 is 0 Å². The Bertz CT molecular complexity index is 2370. The average molecular weight is 618 g/mol. The van der Waals surface area contributed by atoms with Gasteiger partial charge < -0.3 is 9.32 Å². The average Bonchev–Trinajstić information content (AvgIpc) is 3.56. The molecule has 1 aromatic heterocycles. The molecule has 9 rings (SSSR count). The van der Waals surface area contributed by atoms with Crippen molar-refractivity contribution in [3.8, 4) is 11.1 Å². The first-order chi connectivity index (χ1) is 23.8. The van der Waals surface area contributed by atoms with Crippen LogP contribution in [0.1, 0.15) is 41.7 Å². The molecule has 2 aliphatic carbocycles. The van der Waals surface area contributed by atoms with Crippen LogP contribution in [0.3, 0.4) is 0 Å². The summed E-state index contributed by atoms with van der Waals surface area (Å²) in [5, 5.41) is 3.70.